The largest absolute Gasteiger partial charge is 0.469 e. The zero-order valence-corrected chi connectivity index (χ0v) is 13.1. The normalized spacial score (nSPS) is 13.3. The van der Waals surface area contributed by atoms with Gasteiger partial charge in [0.15, 0.2) is 0 Å². The van der Waals surface area contributed by atoms with Crippen LogP contribution in [-0.4, -0.2) is 14.5 Å². The van der Waals surface area contributed by atoms with Crippen molar-refractivity contribution < 1.29 is 12.8 Å². The molecule has 1 aromatic heterocycles. The summed E-state index contributed by atoms with van der Waals surface area (Å²) < 4.78 is 32.4. The summed E-state index contributed by atoms with van der Waals surface area (Å²) in [5.41, 5.74) is 6.21. The van der Waals surface area contributed by atoms with E-state index in [0.717, 1.165) is 5.76 Å². The van der Waals surface area contributed by atoms with Gasteiger partial charge in [-0.25, -0.2) is 13.1 Å². The van der Waals surface area contributed by atoms with E-state index in [0.29, 0.717) is 17.0 Å². The number of benzene rings is 1. The molecule has 2 rings (SSSR count). The summed E-state index contributed by atoms with van der Waals surface area (Å²) in [4.78, 5) is 0.121. The van der Waals surface area contributed by atoms with E-state index in [1.165, 1.54) is 12.1 Å². The maximum Gasteiger partial charge on any atom is 0.240 e. The topological polar surface area (TPSA) is 85.3 Å². The summed E-state index contributed by atoms with van der Waals surface area (Å²) in [6, 6.07) is 7.80. The van der Waals surface area contributed by atoms with Gasteiger partial charge in [0.25, 0.3) is 0 Å². The molecule has 1 aromatic carbocycles. The molecule has 0 amide bonds. The first kappa shape index (κ1) is 16.0. The lowest BCUT2D eigenvalue weighted by molar-refractivity contribution is 0.479. The highest BCUT2D eigenvalue weighted by Gasteiger charge is 2.19. The average molecular weight is 329 g/mol. The zero-order chi connectivity index (χ0) is 15.5. The Morgan fingerprint density at radius 3 is 2.71 bits per heavy atom. The molecule has 0 saturated carbocycles. The van der Waals surface area contributed by atoms with Crippen molar-refractivity contribution in [3.8, 4) is 0 Å². The average Bonchev–Trinajstić information content (AvgIpc) is 2.90. The molecule has 21 heavy (non-hydrogen) atoms. The molecule has 7 heteroatoms. The summed E-state index contributed by atoms with van der Waals surface area (Å²) >= 11 is 6.00. The summed E-state index contributed by atoms with van der Waals surface area (Å²) in [7, 11) is -3.63. The third-order valence-corrected chi connectivity index (χ3v) is 4.94. The van der Waals surface area contributed by atoms with Crippen molar-refractivity contribution in [2.24, 2.45) is 5.73 Å². The number of furan rings is 1. The van der Waals surface area contributed by atoms with E-state index in [1.54, 1.807) is 31.4 Å². The molecule has 0 spiro atoms. The summed E-state index contributed by atoms with van der Waals surface area (Å²) in [5, 5.41) is 0.346. The molecule has 1 unspecified atom stereocenters. The van der Waals surface area contributed by atoms with Crippen molar-refractivity contribution in [1.82, 2.24) is 4.72 Å². The van der Waals surface area contributed by atoms with Gasteiger partial charge in [-0.2, -0.15) is 0 Å². The minimum atomic E-state index is -3.63. The minimum absolute atomic E-state index is 0.121. The van der Waals surface area contributed by atoms with Crippen molar-refractivity contribution in [1.29, 1.82) is 0 Å². The molecule has 0 bridgehead atoms. The number of nitrogens with two attached hydrogens (primary N) is 1. The minimum Gasteiger partial charge on any atom is -0.469 e. The molecule has 3 N–H and O–H groups in total. The Balaban J connectivity index is 2.12. The Hall–Kier alpha value is -1.34. The standard InChI is InChI=1S/C14H17ClN2O3S/c1-10(7-12-3-2-6-20-12)17-21(18,19)13-5-4-11(9-16)14(15)8-13/h2-6,8,10,17H,7,9,16H2,1H3. The van der Waals surface area contributed by atoms with E-state index in [-0.39, 0.29) is 17.5 Å². The van der Waals surface area contributed by atoms with Crippen LogP contribution in [0.3, 0.4) is 0 Å². The van der Waals surface area contributed by atoms with Crippen LogP contribution in [0.5, 0.6) is 0 Å². The summed E-state index contributed by atoms with van der Waals surface area (Å²) in [6.45, 7) is 2.04. The van der Waals surface area contributed by atoms with E-state index in [4.69, 9.17) is 21.8 Å². The van der Waals surface area contributed by atoms with Gasteiger partial charge in [0.05, 0.1) is 11.2 Å². The highest BCUT2D eigenvalue weighted by Crippen LogP contribution is 2.20. The van der Waals surface area contributed by atoms with Crippen molar-refractivity contribution in [3.63, 3.8) is 0 Å². The third-order valence-electron chi connectivity index (χ3n) is 3.00. The van der Waals surface area contributed by atoms with Gasteiger partial charge < -0.3 is 10.2 Å². The van der Waals surface area contributed by atoms with Gasteiger partial charge in [0.2, 0.25) is 10.0 Å². The Kier molecular flexibility index (Phi) is 5.05. The second kappa shape index (κ2) is 6.62. The Morgan fingerprint density at radius 2 is 2.14 bits per heavy atom. The lowest BCUT2D eigenvalue weighted by Gasteiger charge is -2.14. The predicted molar refractivity (Wildman–Crippen MR) is 81.5 cm³/mol. The van der Waals surface area contributed by atoms with E-state index in [9.17, 15) is 8.42 Å². The lowest BCUT2D eigenvalue weighted by atomic mass is 10.2. The molecule has 0 aliphatic rings. The number of nitrogens with one attached hydrogen (secondary N) is 1. The van der Waals surface area contributed by atoms with Gasteiger partial charge in [0, 0.05) is 24.0 Å². The van der Waals surface area contributed by atoms with E-state index in [1.807, 2.05) is 0 Å². The van der Waals surface area contributed by atoms with Gasteiger partial charge in [-0.15, -0.1) is 0 Å². The third kappa shape index (κ3) is 4.07. The summed E-state index contributed by atoms with van der Waals surface area (Å²) in [6.07, 6.45) is 2.03. The molecule has 2 aromatic rings. The number of rotatable bonds is 6. The van der Waals surface area contributed by atoms with Crippen LogP contribution in [0.25, 0.3) is 0 Å². The molecule has 114 valence electrons. The van der Waals surface area contributed by atoms with Gasteiger partial charge in [-0.1, -0.05) is 17.7 Å². The quantitative estimate of drug-likeness (QED) is 0.852. The molecule has 0 fully saturated rings. The smallest absolute Gasteiger partial charge is 0.240 e. The van der Waals surface area contributed by atoms with Crippen LogP contribution in [0.2, 0.25) is 5.02 Å². The molecule has 0 radical (unpaired) electrons. The van der Waals surface area contributed by atoms with Gasteiger partial charge in [-0.3, -0.25) is 0 Å². The SMILES string of the molecule is CC(Cc1ccco1)NS(=O)(=O)c1ccc(CN)c(Cl)c1. The number of hydrogen-bond donors (Lipinski definition) is 2. The van der Waals surface area contributed by atoms with Crippen LogP contribution < -0.4 is 10.5 Å². The molecule has 0 aliphatic carbocycles. The fraction of sp³-hybridized carbons (Fsp3) is 0.286. The van der Waals surface area contributed by atoms with Crippen molar-refractivity contribution >= 4 is 21.6 Å². The Labute approximate surface area is 129 Å². The number of halogens is 1. The van der Waals surface area contributed by atoms with Crippen LogP contribution in [-0.2, 0) is 23.0 Å². The molecular weight excluding hydrogens is 312 g/mol. The fourth-order valence-corrected chi connectivity index (χ4v) is 3.56. The maximum absolute atomic E-state index is 12.3. The van der Waals surface area contributed by atoms with Crippen molar-refractivity contribution in [2.45, 2.75) is 30.8 Å². The summed E-state index contributed by atoms with van der Waals surface area (Å²) in [5.74, 6) is 0.724. The Morgan fingerprint density at radius 1 is 1.38 bits per heavy atom. The molecule has 0 saturated heterocycles. The van der Waals surface area contributed by atoms with Crippen LogP contribution in [0.1, 0.15) is 18.2 Å². The molecule has 5 nitrogen and oxygen atoms in total. The van der Waals surface area contributed by atoms with Crippen LogP contribution in [0.15, 0.2) is 45.9 Å². The molecule has 1 heterocycles. The first-order valence-electron chi connectivity index (χ1n) is 6.45. The van der Waals surface area contributed by atoms with Gasteiger partial charge >= 0.3 is 0 Å². The second-order valence-electron chi connectivity index (χ2n) is 4.76. The maximum atomic E-state index is 12.3. The van der Waals surface area contributed by atoms with E-state index < -0.39 is 10.0 Å². The number of hydrogen-bond acceptors (Lipinski definition) is 4. The fourth-order valence-electron chi connectivity index (χ4n) is 1.97. The van der Waals surface area contributed by atoms with Gasteiger partial charge in [0.1, 0.15) is 5.76 Å². The first-order valence-corrected chi connectivity index (χ1v) is 8.31. The monoisotopic (exact) mass is 328 g/mol. The molecular formula is C14H17ClN2O3S. The highest BCUT2D eigenvalue weighted by molar-refractivity contribution is 7.89. The molecule has 1 atom stereocenters. The molecule has 0 aliphatic heterocycles. The van der Waals surface area contributed by atoms with Gasteiger partial charge in [-0.05, 0) is 36.8 Å². The Bertz CT molecular complexity index is 699. The number of sulfonamides is 1. The van der Waals surface area contributed by atoms with Crippen LogP contribution in [0, 0.1) is 0 Å². The van der Waals surface area contributed by atoms with Crippen molar-refractivity contribution in [2.75, 3.05) is 0 Å². The van der Waals surface area contributed by atoms with Crippen LogP contribution in [0.4, 0.5) is 0 Å². The van der Waals surface area contributed by atoms with E-state index in [2.05, 4.69) is 4.72 Å². The second-order valence-corrected chi connectivity index (χ2v) is 6.88. The lowest BCUT2D eigenvalue weighted by Crippen LogP contribution is -2.34. The highest BCUT2D eigenvalue weighted by atomic mass is 35.5. The first-order chi connectivity index (χ1) is 9.92. The van der Waals surface area contributed by atoms with E-state index >= 15 is 0 Å². The van der Waals surface area contributed by atoms with Crippen molar-refractivity contribution in [3.05, 3.63) is 52.9 Å². The predicted octanol–water partition coefficient (Wildman–Crippen LogP) is 2.30. The van der Waals surface area contributed by atoms with Crippen LogP contribution >= 0.6 is 11.6 Å². The zero-order valence-electron chi connectivity index (χ0n) is 11.5.